The summed E-state index contributed by atoms with van der Waals surface area (Å²) in [6.07, 6.45) is 1.61. The molecule has 2 aromatic heterocycles. The van der Waals surface area contributed by atoms with E-state index in [2.05, 4.69) is 11.2 Å². The van der Waals surface area contributed by atoms with E-state index in [1.54, 1.807) is 54.2 Å². The molecular weight excluding hydrogens is 392 g/mol. The minimum atomic E-state index is -1.29. The molecule has 152 valence electrons. The third-order valence-electron chi connectivity index (χ3n) is 5.10. The van der Waals surface area contributed by atoms with Crippen LogP contribution in [0.4, 0.5) is 0 Å². The zero-order chi connectivity index (χ0) is 22.1. The number of hydrogen-bond donors (Lipinski definition) is 1. The standard InChI is InChI=1S/C24H18N4O3/c1-15-4-3-5-19(12-15)27-16(2)20(13-21(23(27)29)24(30)31)22-10-11-26-28(22)18-8-6-17(14-25)7-9-18/h3-13H,1-2H3,(H,30,31). The molecule has 0 aliphatic heterocycles. The number of aryl methyl sites for hydroxylation is 1. The number of aromatic nitrogens is 3. The van der Waals surface area contributed by atoms with E-state index in [1.807, 2.05) is 25.1 Å². The molecule has 0 atom stereocenters. The molecule has 0 fully saturated rings. The second-order valence-electron chi connectivity index (χ2n) is 7.13. The van der Waals surface area contributed by atoms with E-state index in [9.17, 15) is 14.7 Å². The van der Waals surface area contributed by atoms with Gasteiger partial charge in [0.15, 0.2) is 0 Å². The summed E-state index contributed by atoms with van der Waals surface area (Å²) in [5.74, 6) is -1.29. The van der Waals surface area contributed by atoms with Gasteiger partial charge in [-0.15, -0.1) is 0 Å². The molecule has 0 unspecified atom stereocenters. The van der Waals surface area contributed by atoms with E-state index in [4.69, 9.17) is 5.26 Å². The second kappa shape index (κ2) is 7.76. The lowest BCUT2D eigenvalue weighted by Gasteiger charge is -2.17. The van der Waals surface area contributed by atoms with Gasteiger partial charge in [-0.3, -0.25) is 9.36 Å². The van der Waals surface area contributed by atoms with Crippen molar-refractivity contribution in [2.45, 2.75) is 13.8 Å². The normalized spacial score (nSPS) is 10.6. The topological polar surface area (TPSA) is 101 Å². The van der Waals surface area contributed by atoms with Crippen LogP contribution in [0.1, 0.15) is 27.2 Å². The molecule has 0 amide bonds. The van der Waals surface area contributed by atoms with Crippen LogP contribution >= 0.6 is 0 Å². The van der Waals surface area contributed by atoms with Crippen molar-refractivity contribution >= 4 is 5.97 Å². The van der Waals surface area contributed by atoms with Crippen molar-refractivity contribution in [2.24, 2.45) is 0 Å². The minimum absolute atomic E-state index is 0.324. The predicted molar refractivity (Wildman–Crippen MR) is 116 cm³/mol. The first-order chi connectivity index (χ1) is 14.9. The smallest absolute Gasteiger partial charge is 0.341 e. The Kier molecular flexibility index (Phi) is 4.97. The third-order valence-corrected chi connectivity index (χ3v) is 5.10. The van der Waals surface area contributed by atoms with Gasteiger partial charge in [-0.25, -0.2) is 9.48 Å². The number of carbonyl (C=O) groups is 1. The zero-order valence-electron chi connectivity index (χ0n) is 16.9. The number of pyridine rings is 1. The van der Waals surface area contributed by atoms with Gasteiger partial charge in [0.25, 0.3) is 5.56 Å². The Morgan fingerprint density at radius 1 is 1.03 bits per heavy atom. The van der Waals surface area contributed by atoms with Gasteiger partial charge >= 0.3 is 5.97 Å². The summed E-state index contributed by atoms with van der Waals surface area (Å²) in [5.41, 5.74) is 3.66. The summed E-state index contributed by atoms with van der Waals surface area (Å²) in [4.78, 5) is 24.9. The van der Waals surface area contributed by atoms with E-state index >= 15 is 0 Å². The van der Waals surface area contributed by atoms with Gasteiger partial charge in [-0.05, 0) is 67.9 Å². The quantitative estimate of drug-likeness (QED) is 0.550. The number of carboxylic acid groups (broad SMARTS) is 1. The summed E-state index contributed by atoms with van der Waals surface area (Å²) in [5, 5.41) is 23.1. The maximum absolute atomic E-state index is 13.0. The minimum Gasteiger partial charge on any atom is -0.477 e. The molecule has 7 nitrogen and oxygen atoms in total. The highest BCUT2D eigenvalue weighted by Gasteiger charge is 2.21. The number of hydrogen-bond acceptors (Lipinski definition) is 4. The SMILES string of the molecule is Cc1cccc(-n2c(C)c(-c3ccnn3-c3ccc(C#N)cc3)cc(C(=O)O)c2=O)c1. The highest BCUT2D eigenvalue weighted by Crippen LogP contribution is 2.27. The van der Waals surface area contributed by atoms with E-state index in [0.717, 1.165) is 5.56 Å². The van der Waals surface area contributed by atoms with Gasteiger partial charge in [0, 0.05) is 16.9 Å². The van der Waals surface area contributed by atoms with Crippen LogP contribution in [0.15, 0.2) is 71.7 Å². The van der Waals surface area contributed by atoms with Crippen LogP contribution in [-0.2, 0) is 0 Å². The molecule has 4 rings (SSSR count). The Bertz CT molecular complexity index is 1410. The van der Waals surface area contributed by atoms with Crippen molar-refractivity contribution in [3.8, 4) is 28.7 Å². The Hall–Kier alpha value is -4.44. The fourth-order valence-corrected chi connectivity index (χ4v) is 3.58. The summed E-state index contributed by atoms with van der Waals surface area (Å²) < 4.78 is 3.07. The van der Waals surface area contributed by atoms with Crippen LogP contribution in [0.5, 0.6) is 0 Å². The zero-order valence-corrected chi connectivity index (χ0v) is 16.9. The number of benzene rings is 2. The first-order valence-electron chi connectivity index (χ1n) is 9.52. The van der Waals surface area contributed by atoms with Crippen molar-refractivity contribution in [2.75, 3.05) is 0 Å². The van der Waals surface area contributed by atoms with Gasteiger partial charge in [0.1, 0.15) is 5.56 Å². The molecule has 0 aliphatic rings. The van der Waals surface area contributed by atoms with Crippen LogP contribution in [-0.4, -0.2) is 25.4 Å². The van der Waals surface area contributed by atoms with Crippen LogP contribution in [0.2, 0.25) is 0 Å². The van der Waals surface area contributed by atoms with Gasteiger partial charge in [-0.2, -0.15) is 10.4 Å². The van der Waals surface area contributed by atoms with Gasteiger partial charge in [-0.1, -0.05) is 12.1 Å². The molecule has 31 heavy (non-hydrogen) atoms. The van der Waals surface area contributed by atoms with Crippen molar-refractivity contribution in [3.63, 3.8) is 0 Å². The van der Waals surface area contributed by atoms with Crippen LogP contribution in [0.25, 0.3) is 22.6 Å². The molecule has 0 aliphatic carbocycles. The summed E-state index contributed by atoms with van der Waals surface area (Å²) in [6.45, 7) is 3.69. The van der Waals surface area contributed by atoms with Gasteiger partial charge < -0.3 is 5.11 Å². The third kappa shape index (κ3) is 3.51. The molecule has 1 N–H and O–H groups in total. The number of aromatic carboxylic acids is 1. The Morgan fingerprint density at radius 2 is 1.77 bits per heavy atom. The molecule has 2 heterocycles. The van der Waals surface area contributed by atoms with E-state index in [0.29, 0.717) is 33.9 Å². The molecule has 4 aromatic rings. The Balaban J connectivity index is 1.99. The lowest BCUT2D eigenvalue weighted by atomic mass is 10.1. The molecule has 7 heteroatoms. The number of nitrogens with zero attached hydrogens (tertiary/aromatic N) is 4. The van der Waals surface area contributed by atoms with Crippen molar-refractivity contribution < 1.29 is 9.90 Å². The van der Waals surface area contributed by atoms with E-state index < -0.39 is 11.5 Å². The van der Waals surface area contributed by atoms with E-state index in [-0.39, 0.29) is 5.56 Å². The molecule has 2 aromatic carbocycles. The number of rotatable bonds is 4. The average molecular weight is 410 g/mol. The molecule has 0 saturated carbocycles. The highest BCUT2D eigenvalue weighted by atomic mass is 16.4. The molecule has 0 bridgehead atoms. The molecule has 0 spiro atoms. The molecule has 0 radical (unpaired) electrons. The van der Waals surface area contributed by atoms with Gasteiger partial charge in [0.2, 0.25) is 0 Å². The first kappa shape index (κ1) is 19.9. The van der Waals surface area contributed by atoms with Crippen molar-refractivity contribution in [3.05, 3.63) is 99.6 Å². The van der Waals surface area contributed by atoms with E-state index in [1.165, 1.54) is 10.6 Å². The van der Waals surface area contributed by atoms with Crippen LogP contribution < -0.4 is 5.56 Å². The lowest BCUT2D eigenvalue weighted by molar-refractivity contribution is 0.0694. The maximum Gasteiger partial charge on any atom is 0.341 e. The van der Waals surface area contributed by atoms with Crippen LogP contribution in [0, 0.1) is 25.2 Å². The lowest BCUT2D eigenvalue weighted by Crippen LogP contribution is -2.27. The van der Waals surface area contributed by atoms with Crippen molar-refractivity contribution in [1.29, 1.82) is 5.26 Å². The second-order valence-corrected chi connectivity index (χ2v) is 7.13. The van der Waals surface area contributed by atoms with Crippen LogP contribution in [0.3, 0.4) is 0 Å². The Morgan fingerprint density at radius 3 is 2.42 bits per heavy atom. The Labute approximate surface area is 178 Å². The number of nitriles is 1. The summed E-state index contributed by atoms with van der Waals surface area (Å²) in [6, 6.07) is 19.5. The highest BCUT2D eigenvalue weighted by molar-refractivity contribution is 5.89. The van der Waals surface area contributed by atoms with Crippen molar-refractivity contribution in [1.82, 2.24) is 14.3 Å². The summed E-state index contributed by atoms with van der Waals surface area (Å²) in [7, 11) is 0. The average Bonchev–Trinajstić information content (AvgIpc) is 3.23. The fourth-order valence-electron chi connectivity index (χ4n) is 3.58. The molecular formula is C24H18N4O3. The maximum atomic E-state index is 13.0. The van der Waals surface area contributed by atoms with Gasteiger partial charge in [0.05, 0.1) is 29.2 Å². The monoisotopic (exact) mass is 410 g/mol. The first-order valence-corrected chi connectivity index (χ1v) is 9.52. The molecule has 0 saturated heterocycles. The fraction of sp³-hybridized carbons (Fsp3) is 0.0833. The largest absolute Gasteiger partial charge is 0.477 e. The summed E-state index contributed by atoms with van der Waals surface area (Å²) >= 11 is 0. The predicted octanol–water partition coefficient (Wildman–Crippen LogP) is 3.88. The number of carboxylic acids is 1.